The Balaban J connectivity index is 1.40. The van der Waals surface area contributed by atoms with Gasteiger partial charge in [-0.3, -0.25) is 4.90 Å². The first-order valence-corrected chi connectivity index (χ1v) is 9.08. The first-order chi connectivity index (χ1) is 12.3. The minimum absolute atomic E-state index is 0.626. The third-order valence-electron chi connectivity index (χ3n) is 5.33. The summed E-state index contributed by atoms with van der Waals surface area (Å²) in [5.41, 5.74) is 2.29. The molecule has 2 atom stereocenters. The van der Waals surface area contributed by atoms with E-state index in [4.69, 9.17) is 0 Å². The number of aromatic nitrogens is 3. The summed E-state index contributed by atoms with van der Waals surface area (Å²) in [6.45, 7) is 6.67. The lowest BCUT2D eigenvalue weighted by Crippen LogP contribution is -2.41. The minimum Gasteiger partial charge on any atom is -0.369 e. The number of anilines is 1. The number of nitrogens with one attached hydrogen (secondary N) is 2. The number of H-pyrrole nitrogens is 1. The molecule has 5 heteroatoms. The summed E-state index contributed by atoms with van der Waals surface area (Å²) in [6, 6.07) is 12.8. The molecule has 0 unspecified atom stereocenters. The molecule has 0 bridgehead atoms. The first-order valence-electron chi connectivity index (χ1n) is 9.08. The Morgan fingerprint density at radius 2 is 2.08 bits per heavy atom. The van der Waals surface area contributed by atoms with E-state index in [1.165, 1.54) is 18.5 Å². The fourth-order valence-corrected chi connectivity index (χ4v) is 3.72. The van der Waals surface area contributed by atoms with Crippen molar-refractivity contribution in [1.82, 2.24) is 19.9 Å². The van der Waals surface area contributed by atoms with Crippen molar-refractivity contribution in [2.24, 2.45) is 11.8 Å². The highest BCUT2D eigenvalue weighted by Crippen LogP contribution is 2.26. The molecule has 1 aliphatic heterocycles. The fourth-order valence-electron chi connectivity index (χ4n) is 3.72. The van der Waals surface area contributed by atoms with Gasteiger partial charge < -0.3 is 10.3 Å². The van der Waals surface area contributed by atoms with Gasteiger partial charge in [-0.1, -0.05) is 37.3 Å². The Kier molecular flexibility index (Phi) is 4.65. The van der Waals surface area contributed by atoms with Crippen molar-refractivity contribution in [3.05, 3.63) is 54.5 Å². The van der Waals surface area contributed by atoms with Gasteiger partial charge in [-0.05, 0) is 36.4 Å². The summed E-state index contributed by atoms with van der Waals surface area (Å²) in [5, 5.41) is 4.62. The summed E-state index contributed by atoms with van der Waals surface area (Å²) in [5.74, 6) is 2.28. The van der Waals surface area contributed by atoms with Gasteiger partial charge in [0.25, 0.3) is 0 Å². The number of fused-ring (bicyclic) bond motifs is 1. The van der Waals surface area contributed by atoms with E-state index in [-0.39, 0.29) is 0 Å². The Morgan fingerprint density at radius 1 is 1.20 bits per heavy atom. The minimum atomic E-state index is 0.626. The van der Waals surface area contributed by atoms with Crippen LogP contribution in [0.4, 0.5) is 5.82 Å². The smallest absolute Gasteiger partial charge is 0.142 e. The molecule has 3 heterocycles. The molecule has 0 amide bonds. The molecule has 25 heavy (non-hydrogen) atoms. The molecule has 2 aromatic heterocycles. The van der Waals surface area contributed by atoms with Gasteiger partial charge in [0.1, 0.15) is 17.8 Å². The zero-order chi connectivity index (χ0) is 17.1. The first kappa shape index (κ1) is 16.1. The maximum atomic E-state index is 4.42. The van der Waals surface area contributed by atoms with Crippen molar-refractivity contribution < 1.29 is 0 Å². The molecule has 130 valence electrons. The molecule has 4 rings (SSSR count). The average Bonchev–Trinajstić information content (AvgIpc) is 3.12. The van der Waals surface area contributed by atoms with Crippen LogP contribution in [0.1, 0.15) is 18.9 Å². The van der Waals surface area contributed by atoms with Crippen LogP contribution in [0.3, 0.4) is 0 Å². The molecule has 0 saturated carbocycles. The number of likely N-dealkylation sites (tertiary alicyclic amines) is 1. The third-order valence-corrected chi connectivity index (χ3v) is 5.33. The van der Waals surface area contributed by atoms with Crippen LogP contribution in [-0.4, -0.2) is 39.5 Å². The molecule has 5 nitrogen and oxygen atoms in total. The zero-order valence-corrected chi connectivity index (χ0v) is 14.7. The molecule has 0 spiro atoms. The van der Waals surface area contributed by atoms with E-state index in [2.05, 4.69) is 62.4 Å². The lowest BCUT2D eigenvalue weighted by molar-refractivity contribution is 0.128. The molecule has 3 aromatic rings. The van der Waals surface area contributed by atoms with Crippen molar-refractivity contribution in [3.63, 3.8) is 0 Å². The number of hydrogen-bond acceptors (Lipinski definition) is 4. The van der Waals surface area contributed by atoms with E-state index in [0.29, 0.717) is 5.92 Å². The Hall–Kier alpha value is -2.40. The highest BCUT2D eigenvalue weighted by Gasteiger charge is 2.26. The number of aromatic amines is 1. The summed E-state index contributed by atoms with van der Waals surface area (Å²) in [4.78, 5) is 14.4. The lowest BCUT2D eigenvalue weighted by Gasteiger charge is -2.37. The van der Waals surface area contributed by atoms with E-state index >= 15 is 0 Å². The van der Waals surface area contributed by atoms with Crippen LogP contribution in [0.25, 0.3) is 11.0 Å². The second-order valence-corrected chi connectivity index (χ2v) is 7.09. The van der Waals surface area contributed by atoms with Crippen LogP contribution in [0, 0.1) is 11.8 Å². The van der Waals surface area contributed by atoms with Crippen molar-refractivity contribution in [2.45, 2.75) is 19.9 Å². The molecular weight excluding hydrogens is 310 g/mol. The summed E-state index contributed by atoms with van der Waals surface area (Å²) in [6.07, 6.45) is 4.78. The van der Waals surface area contributed by atoms with Gasteiger partial charge in [-0.15, -0.1) is 0 Å². The summed E-state index contributed by atoms with van der Waals surface area (Å²) in [7, 11) is 0. The van der Waals surface area contributed by atoms with Crippen LogP contribution in [-0.2, 0) is 6.54 Å². The quantitative estimate of drug-likeness (QED) is 0.749. The Morgan fingerprint density at radius 3 is 2.96 bits per heavy atom. The molecule has 1 saturated heterocycles. The predicted molar refractivity (Wildman–Crippen MR) is 101 cm³/mol. The average molecular weight is 335 g/mol. The normalized spacial score (nSPS) is 21.5. The van der Waals surface area contributed by atoms with Crippen molar-refractivity contribution in [1.29, 1.82) is 0 Å². The third kappa shape index (κ3) is 3.66. The zero-order valence-electron chi connectivity index (χ0n) is 14.7. The number of benzene rings is 1. The Bertz CT molecular complexity index is 813. The molecule has 0 radical (unpaired) electrons. The highest BCUT2D eigenvalue weighted by atomic mass is 15.1. The SMILES string of the molecule is C[C@@H]1CCN(Cc2ccccc2)C[C@H]1CNc1ncnc2[nH]ccc12. The molecular formula is C20H25N5. The maximum absolute atomic E-state index is 4.42. The fraction of sp³-hybridized carbons (Fsp3) is 0.400. The van der Waals surface area contributed by atoms with E-state index in [1.807, 2.05) is 12.3 Å². The lowest BCUT2D eigenvalue weighted by atomic mass is 9.86. The standard InChI is InChI=1S/C20H25N5/c1-15-8-10-25(12-16-5-3-2-4-6-16)13-17(15)11-22-20-18-7-9-21-19(18)23-14-24-20/h2-7,9,14-15,17H,8,10-13H2,1H3,(H2,21,22,23,24)/t15-,17-/m1/s1. The monoisotopic (exact) mass is 335 g/mol. The number of piperidine rings is 1. The second kappa shape index (κ2) is 7.23. The molecule has 1 aliphatic rings. The molecule has 0 aliphatic carbocycles. The van der Waals surface area contributed by atoms with Crippen LogP contribution in [0.5, 0.6) is 0 Å². The van der Waals surface area contributed by atoms with E-state index in [0.717, 1.165) is 42.4 Å². The van der Waals surface area contributed by atoms with Gasteiger partial charge >= 0.3 is 0 Å². The van der Waals surface area contributed by atoms with Crippen LogP contribution in [0.15, 0.2) is 48.9 Å². The highest BCUT2D eigenvalue weighted by molar-refractivity contribution is 5.86. The van der Waals surface area contributed by atoms with E-state index in [1.54, 1.807) is 6.33 Å². The predicted octanol–water partition coefficient (Wildman–Crippen LogP) is 3.53. The van der Waals surface area contributed by atoms with Gasteiger partial charge in [-0.25, -0.2) is 9.97 Å². The van der Waals surface area contributed by atoms with Gasteiger partial charge in [0.05, 0.1) is 5.39 Å². The van der Waals surface area contributed by atoms with Gasteiger partial charge in [-0.2, -0.15) is 0 Å². The van der Waals surface area contributed by atoms with E-state index in [9.17, 15) is 0 Å². The number of nitrogens with zero attached hydrogens (tertiary/aromatic N) is 3. The summed E-state index contributed by atoms with van der Waals surface area (Å²) < 4.78 is 0. The summed E-state index contributed by atoms with van der Waals surface area (Å²) >= 11 is 0. The Labute approximate surface area is 148 Å². The van der Waals surface area contributed by atoms with Gasteiger partial charge in [0, 0.05) is 25.8 Å². The number of hydrogen-bond donors (Lipinski definition) is 2. The second-order valence-electron chi connectivity index (χ2n) is 7.09. The van der Waals surface area contributed by atoms with Crippen LogP contribution >= 0.6 is 0 Å². The van der Waals surface area contributed by atoms with Gasteiger partial charge in [0.15, 0.2) is 0 Å². The topological polar surface area (TPSA) is 56.8 Å². The molecule has 2 N–H and O–H groups in total. The maximum Gasteiger partial charge on any atom is 0.142 e. The number of rotatable bonds is 5. The molecule has 1 fully saturated rings. The van der Waals surface area contributed by atoms with Crippen molar-refractivity contribution >= 4 is 16.9 Å². The van der Waals surface area contributed by atoms with Gasteiger partial charge in [0.2, 0.25) is 0 Å². The largest absolute Gasteiger partial charge is 0.369 e. The van der Waals surface area contributed by atoms with Crippen molar-refractivity contribution in [2.75, 3.05) is 25.0 Å². The van der Waals surface area contributed by atoms with Crippen LogP contribution < -0.4 is 5.32 Å². The molecule has 1 aromatic carbocycles. The van der Waals surface area contributed by atoms with E-state index < -0.39 is 0 Å². The van der Waals surface area contributed by atoms with Crippen LogP contribution in [0.2, 0.25) is 0 Å². The van der Waals surface area contributed by atoms with Crippen molar-refractivity contribution in [3.8, 4) is 0 Å².